The van der Waals surface area contributed by atoms with Crippen molar-refractivity contribution in [2.45, 2.75) is 26.1 Å². The summed E-state index contributed by atoms with van der Waals surface area (Å²) in [7, 11) is 3.08. The van der Waals surface area contributed by atoms with E-state index in [0.717, 1.165) is 16.6 Å². The van der Waals surface area contributed by atoms with Crippen molar-refractivity contribution < 1.29 is 19.1 Å². The average Bonchev–Trinajstić information content (AvgIpc) is 3.41. The van der Waals surface area contributed by atoms with Gasteiger partial charge in [-0.3, -0.25) is 9.59 Å². The van der Waals surface area contributed by atoms with Crippen LogP contribution in [0.25, 0.3) is 11.0 Å². The molecule has 1 heterocycles. The maximum atomic E-state index is 14.1. The summed E-state index contributed by atoms with van der Waals surface area (Å²) in [5, 5.41) is 11.4. The Balaban J connectivity index is 1.54. The van der Waals surface area contributed by atoms with Crippen LogP contribution in [0, 0.1) is 6.92 Å². The molecule has 2 amide bonds. The van der Waals surface area contributed by atoms with Gasteiger partial charge in [0.15, 0.2) is 0 Å². The molecule has 0 spiro atoms. The Hall–Kier alpha value is -5.18. The molecule has 0 aliphatic carbocycles. The van der Waals surface area contributed by atoms with Gasteiger partial charge in [-0.2, -0.15) is 0 Å². The third kappa shape index (κ3) is 6.19. The van der Waals surface area contributed by atoms with E-state index in [4.69, 9.17) is 9.47 Å². The van der Waals surface area contributed by atoms with E-state index in [2.05, 4.69) is 15.6 Å². The van der Waals surface area contributed by atoms with Crippen molar-refractivity contribution in [2.24, 2.45) is 0 Å². The van der Waals surface area contributed by atoms with E-state index < -0.39 is 6.04 Å². The molecule has 0 saturated heterocycles. The number of hydrogen-bond donors (Lipinski definition) is 1. The van der Waals surface area contributed by atoms with Gasteiger partial charge in [-0.1, -0.05) is 77.5 Å². The summed E-state index contributed by atoms with van der Waals surface area (Å²) < 4.78 is 12.4. The summed E-state index contributed by atoms with van der Waals surface area (Å²) in [5.74, 6) is 0.362. The lowest BCUT2D eigenvalue weighted by atomic mass is 10.0. The molecule has 4 aromatic carbocycles. The molecule has 1 atom stereocenters. The Kier molecular flexibility index (Phi) is 8.24. The summed E-state index contributed by atoms with van der Waals surface area (Å²) in [4.78, 5) is 29.8. The van der Waals surface area contributed by atoms with E-state index in [1.54, 1.807) is 34.9 Å². The van der Waals surface area contributed by atoms with Crippen LogP contribution in [-0.2, 0) is 22.7 Å². The number of methoxy groups -OCH3 is 2. The largest absolute Gasteiger partial charge is 0.497 e. The lowest BCUT2D eigenvalue weighted by Gasteiger charge is -2.32. The molecule has 0 aliphatic heterocycles. The van der Waals surface area contributed by atoms with E-state index in [9.17, 15) is 9.59 Å². The molecule has 5 rings (SSSR count). The van der Waals surface area contributed by atoms with Gasteiger partial charge in [-0.15, -0.1) is 5.10 Å². The Morgan fingerprint density at radius 2 is 1.63 bits per heavy atom. The third-order valence-electron chi connectivity index (χ3n) is 6.84. The SMILES string of the molecule is COc1ccc(NC(=O)[C@@H](c2ccccc2)N(Cc2ccc(C)cc2)C(=O)Cn2nnc3ccccc32)c(OC)c1. The van der Waals surface area contributed by atoms with E-state index in [0.29, 0.717) is 28.3 Å². The molecule has 208 valence electrons. The van der Waals surface area contributed by atoms with Crippen LogP contribution in [0.5, 0.6) is 11.5 Å². The fourth-order valence-corrected chi connectivity index (χ4v) is 4.68. The summed E-state index contributed by atoms with van der Waals surface area (Å²) >= 11 is 0. The molecule has 0 aliphatic rings. The van der Waals surface area contributed by atoms with Crippen LogP contribution in [0.1, 0.15) is 22.7 Å². The van der Waals surface area contributed by atoms with Gasteiger partial charge >= 0.3 is 0 Å². The number of aromatic nitrogens is 3. The van der Waals surface area contributed by atoms with Crippen molar-refractivity contribution in [1.82, 2.24) is 19.9 Å². The first-order valence-corrected chi connectivity index (χ1v) is 13.2. The number of hydrogen-bond acceptors (Lipinski definition) is 6. The summed E-state index contributed by atoms with van der Waals surface area (Å²) in [6.45, 7) is 2.12. The highest BCUT2D eigenvalue weighted by atomic mass is 16.5. The Morgan fingerprint density at radius 3 is 2.37 bits per heavy atom. The maximum Gasteiger partial charge on any atom is 0.251 e. The monoisotopic (exact) mass is 549 g/mol. The number of benzene rings is 4. The molecule has 9 heteroatoms. The van der Waals surface area contributed by atoms with Gasteiger partial charge in [0.1, 0.15) is 29.6 Å². The van der Waals surface area contributed by atoms with Crippen molar-refractivity contribution in [3.63, 3.8) is 0 Å². The molecule has 0 bridgehead atoms. The smallest absolute Gasteiger partial charge is 0.251 e. The van der Waals surface area contributed by atoms with Crippen LogP contribution in [0.2, 0.25) is 0 Å². The first kappa shape index (κ1) is 27.4. The quantitative estimate of drug-likeness (QED) is 0.258. The van der Waals surface area contributed by atoms with Gasteiger partial charge in [0.05, 0.1) is 25.4 Å². The van der Waals surface area contributed by atoms with Crippen LogP contribution < -0.4 is 14.8 Å². The topological polar surface area (TPSA) is 98.6 Å². The Labute approximate surface area is 238 Å². The predicted octanol–water partition coefficient (Wildman–Crippen LogP) is 5.17. The number of carbonyl (C=O) groups excluding carboxylic acids is 2. The molecule has 0 fully saturated rings. The highest BCUT2D eigenvalue weighted by molar-refractivity contribution is 5.99. The molecule has 1 N–H and O–H groups in total. The Bertz CT molecular complexity index is 1650. The number of ether oxygens (including phenoxy) is 2. The maximum absolute atomic E-state index is 14.1. The lowest BCUT2D eigenvalue weighted by Crippen LogP contribution is -2.42. The summed E-state index contributed by atoms with van der Waals surface area (Å²) in [6, 6.07) is 28.8. The number of fused-ring (bicyclic) bond motifs is 1. The second-order valence-corrected chi connectivity index (χ2v) is 9.61. The van der Waals surface area contributed by atoms with Gasteiger partial charge in [0, 0.05) is 12.6 Å². The number of amides is 2. The minimum atomic E-state index is -0.952. The Morgan fingerprint density at radius 1 is 0.902 bits per heavy atom. The zero-order valence-corrected chi connectivity index (χ0v) is 23.2. The molecule has 9 nitrogen and oxygen atoms in total. The number of nitrogens with one attached hydrogen (secondary N) is 1. The van der Waals surface area contributed by atoms with Crippen LogP contribution in [0.4, 0.5) is 5.69 Å². The predicted molar refractivity (Wildman–Crippen MR) is 157 cm³/mol. The van der Waals surface area contributed by atoms with Gasteiger partial charge in [-0.05, 0) is 42.3 Å². The molecule has 41 heavy (non-hydrogen) atoms. The summed E-state index contributed by atoms with van der Waals surface area (Å²) in [6.07, 6.45) is 0. The number of para-hydroxylation sites is 1. The number of carbonyl (C=O) groups is 2. The van der Waals surface area contributed by atoms with E-state index >= 15 is 0 Å². The zero-order valence-electron chi connectivity index (χ0n) is 23.2. The minimum Gasteiger partial charge on any atom is -0.497 e. The van der Waals surface area contributed by atoms with Crippen LogP contribution in [-0.4, -0.2) is 45.9 Å². The van der Waals surface area contributed by atoms with Gasteiger partial charge in [-0.25, -0.2) is 4.68 Å². The highest BCUT2D eigenvalue weighted by Crippen LogP contribution is 2.32. The molecule has 0 saturated carbocycles. The van der Waals surface area contributed by atoms with Crippen molar-refractivity contribution in [3.05, 3.63) is 114 Å². The number of aryl methyl sites for hydroxylation is 1. The van der Waals surface area contributed by atoms with Crippen molar-refractivity contribution in [2.75, 3.05) is 19.5 Å². The number of rotatable bonds is 10. The van der Waals surface area contributed by atoms with E-state index in [1.807, 2.05) is 85.8 Å². The van der Waals surface area contributed by atoms with Gasteiger partial charge < -0.3 is 19.7 Å². The van der Waals surface area contributed by atoms with Crippen LogP contribution in [0.3, 0.4) is 0 Å². The number of nitrogens with zero attached hydrogens (tertiary/aromatic N) is 4. The zero-order chi connectivity index (χ0) is 28.8. The van der Waals surface area contributed by atoms with Gasteiger partial charge in [0.25, 0.3) is 5.91 Å². The fourth-order valence-electron chi connectivity index (χ4n) is 4.68. The third-order valence-corrected chi connectivity index (χ3v) is 6.84. The van der Waals surface area contributed by atoms with Crippen molar-refractivity contribution in [1.29, 1.82) is 0 Å². The van der Waals surface area contributed by atoms with E-state index in [1.165, 1.54) is 7.11 Å². The fraction of sp³-hybridized carbons (Fsp3) is 0.188. The first-order chi connectivity index (χ1) is 20.0. The second kappa shape index (κ2) is 12.3. The van der Waals surface area contributed by atoms with Crippen LogP contribution in [0.15, 0.2) is 97.1 Å². The lowest BCUT2D eigenvalue weighted by molar-refractivity contribution is -0.140. The van der Waals surface area contributed by atoms with Crippen LogP contribution >= 0.6 is 0 Å². The molecular weight excluding hydrogens is 518 g/mol. The minimum absolute atomic E-state index is 0.0884. The molecule has 1 aromatic heterocycles. The first-order valence-electron chi connectivity index (χ1n) is 13.2. The standard InChI is InChI=1S/C32H31N5O4/c1-22-13-15-23(16-14-22)20-36(30(38)21-37-28-12-8-7-11-26(28)34-35-37)31(24-9-5-4-6-10-24)32(39)33-27-18-17-25(40-2)19-29(27)41-3/h4-19,31H,20-21H2,1-3H3,(H,33,39)/t31-/m1/s1. The van der Waals surface area contributed by atoms with Crippen molar-refractivity contribution in [3.8, 4) is 11.5 Å². The molecule has 5 aromatic rings. The normalized spacial score (nSPS) is 11.6. The van der Waals surface area contributed by atoms with E-state index in [-0.39, 0.29) is 24.9 Å². The van der Waals surface area contributed by atoms with Gasteiger partial charge in [0.2, 0.25) is 5.91 Å². The average molecular weight is 550 g/mol. The molecule has 0 radical (unpaired) electrons. The van der Waals surface area contributed by atoms with Crippen molar-refractivity contribution >= 4 is 28.5 Å². The molecule has 0 unspecified atom stereocenters. The summed E-state index contributed by atoms with van der Waals surface area (Å²) in [5.41, 5.74) is 4.55. The highest BCUT2D eigenvalue weighted by Gasteiger charge is 2.32. The number of anilines is 1. The molecular formula is C32H31N5O4. The second-order valence-electron chi connectivity index (χ2n) is 9.61.